The molecule has 2 radical (unpaired) electrons. The first-order chi connectivity index (χ1) is 7.66. The molecular formula is C12H12BNO2. The Morgan fingerprint density at radius 3 is 2.44 bits per heavy atom. The predicted octanol–water partition coefficient (Wildman–Crippen LogP) is 1.66. The second-order valence-corrected chi connectivity index (χ2v) is 3.98. The number of hydrogen-bond acceptors (Lipinski definition) is 3. The van der Waals surface area contributed by atoms with Gasteiger partial charge in [-0.25, -0.2) is 0 Å². The van der Waals surface area contributed by atoms with Crippen molar-refractivity contribution < 1.29 is 9.63 Å². The Bertz CT molecular complexity index is 413. The number of oxime groups is 1. The van der Waals surface area contributed by atoms with Gasteiger partial charge in [-0.1, -0.05) is 36.3 Å². The molecule has 0 saturated heterocycles. The Morgan fingerprint density at radius 2 is 1.94 bits per heavy atom. The van der Waals surface area contributed by atoms with E-state index in [4.69, 9.17) is 12.7 Å². The van der Waals surface area contributed by atoms with Crippen molar-refractivity contribution in [3.05, 3.63) is 35.4 Å². The first-order valence-corrected chi connectivity index (χ1v) is 5.26. The standard InChI is InChI=1S/C12H12BNO2/c1-8(13)12(15)16-14-11-6-9-4-2-3-5-10(9)7-11/h2-5,8H,6-7H2,1H3. The van der Waals surface area contributed by atoms with Crippen LogP contribution >= 0.6 is 0 Å². The van der Waals surface area contributed by atoms with Gasteiger partial charge in [0.2, 0.25) is 0 Å². The summed E-state index contributed by atoms with van der Waals surface area (Å²) >= 11 is 0. The van der Waals surface area contributed by atoms with Crippen molar-refractivity contribution in [1.82, 2.24) is 0 Å². The van der Waals surface area contributed by atoms with Crippen molar-refractivity contribution in [2.24, 2.45) is 5.16 Å². The van der Waals surface area contributed by atoms with Crippen LogP contribution in [0.3, 0.4) is 0 Å². The molecule has 16 heavy (non-hydrogen) atoms. The van der Waals surface area contributed by atoms with Crippen LogP contribution in [0.15, 0.2) is 29.4 Å². The molecule has 0 aromatic heterocycles. The normalized spacial score (nSPS) is 15.4. The summed E-state index contributed by atoms with van der Waals surface area (Å²) in [5.41, 5.74) is 3.37. The maximum absolute atomic E-state index is 11.1. The second-order valence-electron chi connectivity index (χ2n) is 3.98. The molecule has 3 nitrogen and oxygen atoms in total. The van der Waals surface area contributed by atoms with E-state index >= 15 is 0 Å². The van der Waals surface area contributed by atoms with E-state index in [1.165, 1.54) is 11.1 Å². The number of hydrogen-bond donors (Lipinski definition) is 0. The minimum absolute atomic E-state index is 0.497. The molecule has 0 fully saturated rings. The lowest BCUT2D eigenvalue weighted by Crippen LogP contribution is -2.08. The van der Waals surface area contributed by atoms with Gasteiger partial charge in [0.25, 0.3) is 0 Å². The van der Waals surface area contributed by atoms with Crippen molar-refractivity contribution in [2.45, 2.75) is 25.6 Å². The molecule has 1 aliphatic rings. The molecule has 0 saturated carbocycles. The van der Waals surface area contributed by atoms with Crippen LogP contribution in [0.2, 0.25) is 5.82 Å². The van der Waals surface area contributed by atoms with E-state index in [1.54, 1.807) is 6.92 Å². The van der Waals surface area contributed by atoms with Gasteiger partial charge in [0.1, 0.15) is 0 Å². The molecule has 1 aromatic carbocycles. The first-order valence-electron chi connectivity index (χ1n) is 5.26. The van der Waals surface area contributed by atoms with E-state index in [9.17, 15) is 4.79 Å². The van der Waals surface area contributed by atoms with Crippen molar-refractivity contribution in [3.63, 3.8) is 0 Å². The fourth-order valence-electron chi connectivity index (χ4n) is 1.66. The molecule has 0 aliphatic heterocycles. The third kappa shape index (κ3) is 2.32. The van der Waals surface area contributed by atoms with Gasteiger partial charge in [-0.3, -0.25) is 4.79 Å². The Balaban J connectivity index is 2.01. The minimum Gasteiger partial charge on any atom is -0.319 e. The summed E-state index contributed by atoms with van der Waals surface area (Å²) in [7, 11) is 5.36. The molecule has 4 heteroatoms. The smallest absolute Gasteiger partial charge is 0.319 e. The summed E-state index contributed by atoms with van der Waals surface area (Å²) in [5, 5.41) is 3.85. The molecule has 1 aliphatic carbocycles. The zero-order valence-electron chi connectivity index (χ0n) is 9.14. The van der Waals surface area contributed by atoms with Gasteiger partial charge in [0.15, 0.2) is 0 Å². The van der Waals surface area contributed by atoms with E-state index < -0.39 is 11.8 Å². The zero-order chi connectivity index (χ0) is 11.5. The number of benzene rings is 1. The van der Waals surface area contributed by atoms with Gasteiger partial charge in [0, 0.05) is 18.7 Å². The van der Waals surface area contributed by atoms with Gasteiger partial charge in [-0.15, -0.1) is 0 Å². The second kappa shape index (κ2) is 4.52. The van der Waals surface area contributed by atoms with Gasteiger partial charge < -0.3 is 4.84 Å². The molecule has 0 amide bonds. The molecule has 0 spiro atoms. The van der Waals surface area contributed by atoms with Gasteiger partial charge >= 0.3 is 5.97 Å². The average molecular weight is 213 g/mol. The third-order valence-electron chi connectivity index (χ3n) is 2.54. The highest BCUT2D eigenvalue weighted by molar-refractivity contribution is 6.22. The van der Waals surface area contributed by atoms with Crippen molar-refractivity contribution in [1.29, 1.82) is 0 Å². The highest BCUT2D eigenvalue weighted by atomic mass is 16.7. The number of carbonyl (C=O) groups excluding carboxylic acids is 1. The fourth-order valence-corrected chi connectivity index (χ4v) is 1.66. The van der Waals surface area contributed by atoms with E-state index in [2.05, 4.69) is 17.3 Å². The molecule has 1 aromatic rings. The summed E-state index contributed by atoms with van der Waals surface area (Å²) in [6.07, 6.45) is 1.50. The van der Waals surface area contributed by atoms with Crippen LogP contribution < -0.4 is 0 Å². The SMILES string of the molecule is [B]C(C)C(=O)ON=C1Cc2ccccc2C1. The highest BCUT2D eigenvalue weighted by Crippen LogP contribution is 2.19. The maximum Gasteiger partial charge on any atom is 0.329 e. The monoisotopic (exact) mass is 213 g/mol. The zero-order valence-corrected chi connectivity index (χ0v) is 9.14. The molecule has 0 bridgehead atoms. The summed E-state index contributed by atoms with van der Waals surface area (Å²) in [5.74, 6) is -1.13. The summed E-state index contributed by atoms with van der Waals surface area (Å²) < 4.78 is 0. The molecule has 0 N–H and O–H groups in total. The maximum atomic E-state index is 11.1. The van der Waals surface area contributed by atoms with E-state index in [0.29, 0.717) is 0 Å². The first kappa shape index (κ1) is 10.9. The summed E-state index contributed by atoms with van der Waals surface area (Å²) in [6.45, 7) is 1.58. The van der Waals surface area contributed by atoms with Crippen molar-refractivity contribution >= 4 is 19.5 Å². The Morgan fingerprint density at radius 1 is 1.38 bits per heavy atom. The number of fused-ring (bicyclic) bond motifs is 1. The van der Waals surface area contributed by atoms with E-state index in [1.807, 2.05) is 12.1 Å². The third-order valence-corrected chi connectivity index (χ3v) is 2.54. The Labute approximate surface area is 95.9 Å². The van der Waals surface area contributed by atoms with Crippen LogP contribution in [-0.4, -0.2) is 19.5 Å². The predicted molar refractivity (Wildman–Crippen MR) is 62.6 cm³/mol. The number of nitrogens with zero attached hydrogens (tertiary/aromatic N) is 1. The van der Waals surface area contributed by atoms with E-state index in [-0.39, 0.29) is 0 Å². The Hall–Kier alpha value is -1.58. The molecule has 1 unspecified atom stereocenters. The molecule has 80 valence electrons. The highest BCUT2D eigenvalue weighted by Gasteiger charge is 2.17. The lowest BCUT2D eigenvalue weighted by atomic mass is 9.90. The summed E-state index contributed by atoms with van der Waals surface area (Å²) in [4.78, 5) is 15.9. The lowest BCUT2D eigenvalue weighted by molar-refractivity contribution is -0.143. The number of carbonyl (C=O) groups is 1. The van der Waals surface area contributed by atoms with Crippen molar-refractivity contribution in [3.8, 4) is 0 Å². The molecular weight excluding hydrogens is 201 g/mol. The quantitative estimate of drug-likeness (QED) is 0.425. The molecule has 1 atom stereocenters. The molecule has 0 heterocycles. The van der Waals surface area contributed by atoms with Crippen LogP contribution in [-0.2, 0) is 22.5 Å². The summed E-state index contributed by atoms with van der Waals surface area (Å²) in [6, 6.07) is 8.11. The van der Waals surface area contributed by atoms with Crippen LogP contribution in [0.5, 0.6) is 0 Å². The average Bonchev–Trinajstić information content (AvgIpc) is 2.68. The molecule has 2 rings (SSSR count). The van der Waals surface area contributed by atoms with Crippen LogP contribution in [0, 0.1) is 0 Å². The lowest BCUT2D eigenvalue weighted by Gasteiger charge is -2.00. The van der Waals surface area contributed by atoms with Gasteiger partial charge in [-0.2, -0.15) is 0 Å². The Kier molecular flexibility index (Phi) is 3.08. The van der Waals surface area contributed by atoms with Crippen molar-refractivity contribution in [2.75, 3.05) is 0 Å². The van der Waals surface area contributed by atoms with Gasteiger partial charge in [-0.05, 0) is 11.1 Å². The topological polar surface area (TPSA) is 38.7 Å². The number of rotatable bonds is 2. The van der Waals surface area contributed by atoms with E-state index in [0.717, 1.165) is 18.6 Å². The fraction of sp³-hybridized carbons (Fsp3) is 0.333. The van der Waals surface area contributed by atoms with Crippen LogP contribution in [0.1, 0.15) is 18.1 Å². The van der Waals surface area contributed by atoms with Crippen LogP contribution in [0.25, 0.3) is 0 Å². The largest absolute Gasteiger partial charge is 0.329 e. The van der Waals surface area contributed by atoms with Crippen LogP contribution in [0.4, 0.5) is 0 Å². The van der Waals surface area contributed by atoms with Gasteiger partial charge in [0.05, 0.1) is 13.6 Å². The minimum atomic E-state index is -0.631.